The summed E-state index contributed by atoms with van der Waals surface area (Å²) in [6, 6.07) is 7.13. The predicted octanol–water partition coefficient (Wildman–Crippen LogP) is 1.33. The fraction of sp³-hybridized carbons (Fsp3) is 0.417. The van der Waals surface area contributed by atoms with E-state index in [-0.39, 0.29) is 5.33 Å². The fourth-order valence-corrected chi connectivity index (χ4v) is 2.58. The second-order valence-electron chi connectivity index (χ2n) is 3.88. The summed E-state index contributed by atoms with van der Waals surface area (Å²) in [5, 5.41) is 11.4. The Kier molecular flexibility index (Phi) is 3.28. The topological polar surface area (TPSA) is 58.6 Å². The number of benzene rings is 1. The average Bonchev–Trinajstić information content (AvgIpc) is 2.68. The van der Waals surface area contributed by atoms with Crippen LogP contribution < -0.4 is 14.6 Å². The van der Waals surface area contributed by atoms with E-state index in [1.54, 1.807) is 19.1 Å². The molecule has 1 unspecified atom stereocenters. The van der Waals surface area contributed by atoms with Gasteiger partial charge in [0.2, 0.25) is 0 Å². The van der Waals surface area contributed by atoms with Gasteiger partial charge in [-0.3, -0.25) is 0 Å². The fourth-order valence-electron chi connectivity index (χ4n) is 1.96. The summed E-state index contributed by atoms with van der Waals surface area (Å²) in [6.45, 7) is 1.76. The van der Waals surface area contributed by atoms with Crippen molar-refractivity contribution in [3.63, 3.8) is 0 Å². The van der Waals surface area contributed by atoms with Crippen molar-refractivity contribution in [1.82, 2.24) is 0 Å². The Labute approximate surface area is 108 Å². The molecule has 1 aromatic rings. The molecule has 1 aliphatic heterocycles. The molecule has 0 spiro atoms. The van der Waals surface area contributed by atoms with Crippen molar-refractivity contribution >= 4 is 21.9 Å². The second kappa shape index (κ2) is 4.56. The SMILES string of the molecule is CCC(C(=O)[O-])C1(CBr)Oc2ccccc2O1. The molecule has 0 N–H and O–H groups in total. The third kappa shape index (κ3) is 1.99. The monoisotopic (exact) mass is 299 g/mol. The van der Waals surface area contributed by atoms with Crippen LogP contribution in [-0.2, 0) is 4.79 Å². The van der Waals surface area contributed by atoms with Crippen molar-refractivity contribution in [3.05, 3.63) is 24.3 Å². The lowest BCUT2D eigenvalue weighted by Crippen LogP contribution is -2.54. The van der Waals surface area contributed by atoms with E-state index in [1.807, 2.05) is 12.1 Å². The van der Waals surface area contributed by atoms with Crippen LogP contribution in [0.1, 0.15) is 13.3 Å². The Balaban J connectivity index is 2.34. The summed E-state index contributed by atoms with van der Waals surface area (Å²) >= 11 is 3.26. The van der Waals surface area contributed by atoms with Gasteiger partial charge in [-0.25, -0.2) is 0 Å². The zero-order chi connectivity index (χ0) is 12.5. The highest BCUT2D eigenvalue weighted by atomic mass is 79.9. The molecule has 2 rings (SSSR count). The molecule has 1 aromatic carbocycles. The second-order valence-corrected chi connectivity index (χ2v) is 4.44. The van der Waals surface area contributed by atoms with Crippen molar-refractivity contribution < 1.29 is 19.4 Å². The molecule has 1 atom stereocenters. The molecular weight excluding hydrogens is 288 g/mol. The lowest BCUT2D eigenvalue weighted by Gasteiger charge is -2.34. The third-order valence-electron chi connectivity index (χ3n) is 2.82. The van der Waals surface area contributed by atoms with Crippen molar-refractivity contribution in [1.29, 1.82) is 0 Å². The number of carbonyl (C=O) groups is 1. The maximum Gasteiger partial charge on any atom is 0.269 e. The third-order valence-corrected chi connectivity index (χ3v) is 3.61. The summed E-state index contributed by atoms with van der Waals surface area (Å²) in [7, 11) is 0. The summed E-state index contributed by atoms with van der Waals surface area (Å²) in [6.07, 6.45) is 0.377. The van der Waals surface area contributed by atoms with E-state index >= 15 is 0 Å². The number of ether oxygens (including phenoxy) is 2. The number of carboxylic acid groups (broad SMARTS) is 1. The van der Waals surface area contributed by atoms with Crippen LogP contribution in [0.2, 0.25) is 0 Å². The number of halogens is 1. The highest BCUT2D eigenvalue weighted by Gasteiger charge is 2.47. The zero-order valence-electron chi connectivity index (χ0n) is 9.31. The molecule has 92 valence electrons. The largest absolute Gasteiger partial charge is 0.550 e. The van der Waals surface area contributed by atoms with Gasteiger partial charge >= 0.3 is 0 Å². The van der Waals surface area contributed by atoms with E-state index in [0.29, 0.717) is 17.9 Å². The highest BCUT2D eigenvalue weighted by molar-refractivity contribution is 9.09. The number of fused-ring (bicyclic) bond motifs is 1. The maximum absolute atomic E-state index is 11.1. The normalized spacial score (nSPS) is 17.8. The van der Waals surface area contributed by atoms with E-state index < -0.39 is 17.7 Å². The molecule has 17 heavy (non-hydrogen) atoms. The quantitative estimate of drug-likeness (QED) is 0.787. The minimum absolute atomic E-state index is 0.265. The molecule has 1 heterocycles. The van der Waals surface area contributed by atoms with Gasteiger partial charge in [-0.1, -0.05) is 35.0 Å². The summed E-state index contributed by atoms with van der Waals surface area (Å²) in [5.74, 6) is -2.08. The van der Waals surface area contributed by atoms with Crippen LogP contribution in [0, 0.1) is 5.92 Å². The predicted molar refractivity (Wildman–Crippen MR) is 63.0 cm³/mol. The van der Waals surface area contributed by atoms with E-state index in [4.69, 9.17) is 9.47 Å². The Hall–Kier alpha value is -1.23. The number of carbonyl (C=O) groups excluding carboxylic acids is 1. The van der Waals surface area contributed by atoms with Crippen LogP contribution in [0.15, 0.2) is 24.3 Å². The first-order valence-corrected chi connectivity index (χ1v) is 6.49. The molecule has 0 saturated heterocycles. The van der Waals surface area contributed by atoms with E-state index in [2.05, 4.69) is 15.9 Å². The first-order chi connectivity index (χ1) is 8.13. The molecule has 0 amide bonds. The summed E-state index contributed by atoms with van der Waals surface area (Å²) < 4.78 is 11.3. The van der Waals surface area contributed by atoms with Gasteiger partial charge in [0.1, 0.15) is 0 Å². The summed E-state index contributed by atoms with van der Waals surface area (Å²) in [4.78, 5) is 11.1. The molecule has 0 aromatic heterocycles. The van der Waals surface area contributed by atoms with Gasteiger partial charge in [0.05, 0.1) is 17.2 Å². The number of aliphatic carboxylic acids is 1. The molecule has 0 fully saturated rings. The Morgan fingerprint density at radius 2 is 1.94 bits per heavy atom. The van der Waals surface area contributed by atoms with Crippen molar-refractivity contribution in [2.45, 2.75) is 19.1 Å². The number of para-hydroxylation sites is 2. The number of hydrogen-bond donors (Lipinski definition) is 0. The molecule has 5 heteroatoms. The highest BCUT2D eigenvalue weighted by Crippen LogP contribution is 2.43. The van der Waals surface area contributed by atoms with E-state index in [0.717, 1.165) is 0 Å². The zero-order valence-corrected chi connectivity index (χ0v) is 10.9. The van der Waals surface area contributed by atoms with Crippen molar-refractivity contribution in [2.24, 2.45) is 5.92 Å². The molecule has 4 nitrogen and oxygen atoms in total. The minimum Gasteiger partial charge on any atom is -0.550 e. The smallest absolute Gasteiger partial charge is 0.269 e. The van der Waals surface area contributed by atoms with Gasteiger partial charge in [0, 0.05) is 0 Å². The lowest BCUT2D eigenvalue weighted by atomic mass is 9.97. The standard InChI is InChI=1S/C12H13BrO4/c1-2-8(11(14)15)12(7-13)16-9-5-3-4-6-10(9)17-12/h3-6,8H,2,7H2,1H3,(H,14,15)/p-1. The van der Waals surface area contributed by atoms with Gasteiger partial charge < -0.3 is 19.4 Å². The Morgan fingerprint density at radius 1 is 1.41 bits per heavy atom. The van der Waals surface area contributed by atoms with Crippen molar-refractivity contribution in [3.8, 4) is 11.5 Å². The van der Waals surface area contributed by atoms with Gasteiger partial charge in [-0.05, 0) is 18.6 Å². The number of carboxylic acids is 1. The van der Waals surface area contributed by atoms with Crippen molar-refractivity contribution in [2.75, 3.05) is 5.33 Å². The molecule has 0 aliphatic carbocycles. The summed E-state index contributed by atoms with van der Waals surface area (Å²) in [5.41, 5.74) is 0. The van der Waals surface area contributed by atoms with E-state index in [1.165, 1.54) is 0 Å². The molecule has 0 bridgehead atoms. The van der Waals surface area contributed by atoms with Crippen LogP contribution in [-0.4, -0.2) is 17.1 Å². The van der Waals surface area contributed by atoms with Gasteiger partial charge in [-0.15, -0.1) is 0 Å². The number of alkyl halides is 1. The van der Waals surface area contributed by atoms with E-state index in [9.17, 15) is 9.90 Å². The maximum atomic E-state index is 11.1. The van der Waals surface area contributed by atoms with Crippen LogP contribution in [0.4, 0.5) is 0 Å². The molecule has 1 aliphatic rings. The first-order valence-electron chi connectivity index (χ1n) is 5.37. The Morgan fingerprint density at radius 3 is 2.29 bits per heavy atom. The van der Waals surface area contributed by atoms with Crippen LogP contribution in [0.5, 0.6) is 11.5 Å². The first kappa shape index (κ1) is 12.2. The van der Waals surface area contributed by atoms with Gasteiger partial charge in [0.25, 0.3) is 5.79 Å². The van der Waals surface area contributed by atoms with Gasteiger partial charge in [-0.2, -0.15) is 0 Å². The van der Waals surface area contributed by atoms with Gasteiger partial charge in [0.15, 0.2) is 11.5 Å². The van der Waals surface area contributed by atoms with Crippen LogP contribution in [0.25, 0.3) is 0 Å². The lowest BCUT2D eigenvalue weighted by molar-refractivity contribution is -0.320. The average molecular weight is 300 g/mol. The van der Waals surface area contributed by atoms with Crippen LogP contribution >= 0.6 is 15.9 Å². The number of hydrogen-bond acceptors (Lipinski definition) is 4. The molecular formula is C12H12BrO4-. The number of rotatable bonds is 4. The minimum atomic E-state index is -1.21. The molecule has 0 saturated carbocycles. The Bertz CT molecular complexity index is 407. The van der Waals surface area contributed by atoms with Crippen LogP contribution in [0.3, 0.4) is 0 Å². The molecule has 0 radical (unpaired) electrons.